The highest BCUT2D eigenvalue weighted by molar-refractivity contribution is 9.10. The Kier molecular flexibility index (Phi) is 4.74. The number of ether oxygens (including phenoxy) is 1. The largest absolute Gasteiger partial charge is 0.495 e. The Labute approximate surface area is 130 Å². The van der Waals surface area contributed by atoms with E-state index in [-0.39, 0.29) is 0 Å². The van der Waals surface area contributed by atoms with E-state index in [0.717, 1.165) is 10.0 Å². The minimum absolute atomic E-state index is 0.414. The lowest BCUT2D eigenvalue weighted by Gasteiger charge is -2.15. The molecule has 19 heavy (non-hydrogen) atoms. The first-order chi connectivity index (χ1) is 9.02. The van der Waals surface area contributed by atoms with Crippen LogP contribution in [0.25, 0.3) is 0 Å². The highest BCUT2D eigenvalue weighted by Gasteiger charge is 2.16. The Morgan fingerprint density at radius 3 is 2.32 bits per heavy atom. The molecule has 0 saturated carbocycles. The van der Waals surface area contributed by atoms with E-state index in [1.165, 1.54) is 7.11 Å². The molecule has 0 spiro atoms. The second-order valence-electron chi connectivity index (χ2n) is 3.96. The van der Waals surface area contributed by atoms with Crippen molar-refractivity contribution in [2.24, 2.45) is 0 Å². The maximum absolute atomic E-state index is 10.4. The summed E-state index contributed by atoms with van der Waals surface area (Å²) in [5.74, 6) is 0.485. The minimum atomic E-state index is -0.830. The van der Waals surface area contributed by atoms with Gasteiger partial charge in [0.15, 0.2) is 0 Å². The van der Waals surface area contributed by atoms with Crippen molar-refractivity contribution in [1.82, 2.24) is 0 Å². The summed E-state index contributed by atoms with van der Waals surface area (Å²) in [6.45, 7) is 0. The zero-order valence-corrected chi connectivity index (χ0v) is 13.1. The third kappa shape index (κ3) is 3.23. The lowest BCUT2D eigenvalue weighted by Crippen LogP contribution is -2.01. The SMILES string of the molecule is COc1cc(Cl)c(C(O)c2ccc(Br)cc2)cc1Cl. The molecule has 0 aliphatic heterocycles. The average Bonchev–Trinajstić information content (AvgIpc) is 2.41. The fraction of sp³-hybridized carbons (Fsp3) is 0.143. The Bertz CT molecular complexity index is 585. The molecule has 2 aromatic rings. The molecule has 2 rings (SSSR count). The lowest BCUT2D eigenvalue weighted by atomic mass is 10.0. The van der Waals surface area contributed by atoms with Gasteiger partial charge in [-0.05, 0) is 23.8 Å². The fourth-order valence-corrected chi connectivity index (χ4v) is 2.51. The van der Waals surface area contributed by atoms with Crippen LogP contribution in [0.1, 0.15) is 17.2 Å². The van der Waals surface area contributed by atoms with Gasteiger partial charge in [-0.3, -0.25) is 0 Å². The van der Waals surface area contributed by atoms with Crippen molar-refractivity contribution in [2.45, 2.75) is 6.10 Å². The second kappa shape index (κ2) is 6.14. The molecule has 2 aromatic carbocycles. The zero-order valence-electron chi connectivity index (χ0n) is 10.0. The van der Waals surface area contributed by atoms with Crippen molar-refractivity contribution in [3.05, 3.63) is 62.0 Å². The van der Waals surface area contributed by atoms with Crippen LogP contribution in [-0.4, -0.2) is 12.2 Å². The van der Waals surface area contributed by atoms with Crippen LogP contribution < -0.4 is 4.74 Å². The number of aliphatic hydroxyl groups excluding tert-OH is 1. The molecule has 0 saturated heterocycles. The van der Waals surface area contributed by atoms with Gasteiger partial charge in [-0.15, -0.1) is 0 Å². The van der Waals surface area contributed by atoms with Crippen LogP contribution >= 0.6 is 39.1 Å². The van der Waals surface area contributed by atoms with Crippen molar-refractivity contribution in [3.63, 3.8) is 0 Å². The molecule has 0 aliphatic carbocycles. The Balaban J connectivity index is 2.41. The Morgan fingerprint density at radius 1 is 1.11 bits per heavy atom. The van der Waals surface area contributed by atoms with Crippen LogP contribution in [0.3, 0.4) is 0 Å². The predicted octanol–water partition coefficient (Wildman–Crippen LogP) is 4.85. The van der Waals surface area contributed by atoms with Gasteiger partial charge in [0.2, 0.25) is 0 Å². The highest BCUT2D eigenvalue weighted by Crippen LogP contribution is 2.36. The van der Waals surface area contributed by atoms with E-state index in [1.54, 1.807) is 12.1 Å². The smallest absolute Gasteiger partial charge is 0.138 e. The number of benzene rings is 2. The fourth-order valence-electron chi connectivity index (χ4n) is 1.73. The average molecular weight is 362 g/mol. The van der Waals surface area contributed by atoms with Gasteiger partial charge in [-0.1, -0.05) is 51.3 Å². The number of methoxy groups -OCH3 is 1. The number of hydrogen-bond acceptors (Lipinski definition) is 2. The number of aliphatic hydroxyl groups is 1. The van der Waals surface area contributed by atoms with Crippen molar-refractivity contribution in [2.75, 3.05) is 7.11 Å². The summed E-state index contributed by atoms with van der Waals surface area (Å²) in [7, 11) is 1.52. The van der Waals surface area contributed by atoms with Crippen molar-refractivity contribution >= 4 is 39.1 Å². The molecule has 0 aromatic heterocycles. The predicted molar refractivity (Wildman–Crippen MR) is 81.2 cm³/mol. The van der Waals surface area contributed by atoms with E-state index in [1.807, 2.05) is 24.3 Å². The molecule has 0 aliphatic rings. The quantitative estimate of drug-likeness (QED) is 0.846. The second-order valence-corrected chi connectivity index (χ2v) is 5.69. The molecular weight excluding hydrogens is 351 g/mol. The number of hydrogen-bond donors (Lipinski definition) is 1. The first-order valence-electron chi connectivity index (χ1n) is 5.49. The molecule has 1 unspecified atom stereocenters. The van der Waals surface area contributed by atoms with Crippen LogP contribution in [0.15, 0.2) is 40.9 Å². The third-order valence-electron chi connectivity index (χ3n) is 2.75. The van der Waals surface area contributed by atoms with E-state index in [9.17, 15) is 5.11 Å². The maximum atomic E-state index is 10.4. The van der Waals surface area contributed by atoms with E-state index in [0.29, 0.717) is 21.4 Å². The molecule has 5 heteroatoms. The molecule has 0 amide bonds. The molecule has 0 fully saturated rings. The number of rotatable bonds is 3. The summed E-state index contributed by atoms with van der Waals surface area (Å²) in [5.41, 5.74) is 1.29. The summed E-state index contributed by atoms with van der Waals surface area (Å²) in [6.07, 6.45) is -0.830. The van der Waals surface area contributed by atoms with E-state index < -0.39 is 6.10 Å². The molecular formula is C14H11BrCl2O2. The molecule has 2 nitrogen and oxygen atoms in total. The van der Waals surface area contributed by atoms with Crippen LogP contribution in [0.5, 0.6) is 5.75 Å². The first-order valence-corrected chi connectivity index (χ1v) is 7.04. The van der Waals surface area contributed by atoms with E-state index in [2.05, 4.69) is 15.9 Å². The standard InChI is InChI=1S/C14H11BrCl2O2/c1-19-13-7-11(16)10(6-12(13)17)14(18)8-2-4-9(15)5-3-8/h2-7,14,18H,1H3. The minimum Gasteiger partial charge on any atom is -0.495 e. The van der Waals surface area contributed by atoms with Crippen LogP contribution in [-0.2, 0) is 0 Å². The normalized spacial score (nSPS) is 12.3. The van der Waals surface area contributed by atoms with Gasteiger partial charge in [0.05, 0.1) is 17.2 Å². The molecule has 0 heterocycles. The first kappa shape index (κ1) is 14.7. The summed E-state index contributed by atoms with van der Waals surface area (Å²) in [5, 5.41) is 11.2. The van der Waals surface area contributed by atoms with E-state index in [4.69, 9.17) is 27.9 Å². The van der Waals surface area contributed by atoms with Gasteiger partial charge in [-0.2, -0.15) is 0 Å². The van der Waals surface area contributed by atoms with Gasteiger partial charge >= 0.3 is 0 Å². The number of halogens is 3. The van der Waals surface area contributed by atoms with Gasteiger partial charge < -0.3 is 9.84 Å². The summed E-state index contributed by atoms with van der Waals surface area (Å²) in [4.78, 5) is 0. The van der Waals surface area contributed by atoms with Crippen molar-refractivity contribution in [3.8, 4) is 5.75 Å². The molecule has 1 atom stereocenters. The maximum Gasteiger partial charge on any atom is 0.138 e. The third-order valence-corrected chi connectivity index (χ3v) is 3.90. The van der Waals surface area contributed by atoms with Crippen molar-refractivity contribution < 1.29 is 9.84 Å². The van der Waals surface area contributed by atoms with E-state index >= 15 is 0 Å². The van der Waals surface area contributed by atoms with Gasteiger partial charge in [0.25, 0.3) is 0 Å². The van der Waals surface area contributed by atoms with Gasteiger partial charge in [0, 0.05) is 16.1 Å². The molecule has 100 valence electrons. The van der Waals surface area contributed by atoms with Crippen LogP contribution in [0.4, 0.5) is 0 Å². The highest BCUT2D eigenvalue weighted by atomic mass is 79.9. The summed E-state index contributed by atoms with van der Waals surface area (Å²) in [6, 6.07) is 10.6. The summed E-state index contributed by atoms with van der Waals surface area (Å²) < 4.78 is 6.02. The lowest BCUT2D eigenvalue weighted by molar-refractivity contribution is 0.220. The van der Waals surface area contributed by atoms with Crippen LogP contribution in [0.2, 0.25) is 10.0 Å². The van der Waals surface area contributed by atoms with Crippen LogP contribution in [0, 0.1) is 0 Å². The molecule has 0 radical (unpaired) electrons. The van der Waals surface area contributed by atoms with Gasteiger partial charge in [-0.25, -0.2) is 0 Å². The Hall–Kier alpha value is -0.740. The molecule has 1 N–H and O–H groups in total. The Morgan fingerprint density at radius 2 is 1.74 bits per heavy atom. The van der Waals surface area contributed by atoms with Crippen molar-refractivity contribution in [1.29, 1.82) is 0 Å². The monoisotopic (exact) mass is 360 g/mol. The summed E-state index contributed by atoms with van der Waals surface area (Å²) >= 11 is 15.6. The van der Waals surface area contributed by atoms with Gasteiger partial charge in [0.1, 0.15) is 11.9 Å². The topological polar surface area (TPSA) is 29.5 Å². The zero-order chi connectivity index (χ0) is 14.0. The molecule has 0 bridgehead atoms.